The number of likely N-dealkylation sites (N-methyl/N-ethyl adjacent to an activating group) is 1. The Kier molecular flexibility index (Phi) is 5.08. The first-order valence-corrected chi connectivity index (χ1v) is 9.89. The van der Waals surface area contributed by atoms with E-state index in [2.05, 4.69) is 10.4 Å². The number of aromatic nitrogens is 3. The van der Waals surface area contributed by atoms with Gasteiger partial charge in [-0.2, -0.15) is 5.10 Å². The van der Waals surface area contributed by atoms with E-state index in [4.69, 9.17) is 4.98 Å². The lowest BCUT2D eigenvalue weighted by molar-refractivity contribution is 0.0943. The number of nitrogens with zero attached hydrogens (tertiary/aromatic N) is 4. The minimum absolute atomic E-state index is 0.134. The first-order valence-electron chi connectivity index (χ1n) is 9.89. The van der Waals surface area contributed by atoms with Crippen LogP contribution in [-0.2, 0) is 7.05 Å². The molecule has 7 heteroatoms. The maximum absolute atomic E-state index is 13.7. The van der Waals surface area contributed by atoms with Gasteiger partial charge in [-0.25, -0.2) is 9.37 Å². The fraction of sp³-hybridized carbons (Fsp3) is 0.409. The predicted molar refractivity (Wildman–Crippen MR) is 110 cm³/mol. The fourth-order valence-electron chi connectivity index (χ4n) is 3.83. The number of pyridine rings is 1. The molecule has 0 bridgehead atoms. The van der Waals surface area contributed by atoms with Crippen LogP contribution < -0.4 is 5.32 Å². The highest BCUT2D eigenvalue weighted by atomic mass is 19.1. The summed E-state index contributed by atoms with van der Waals surface area (Å²) >= 11 is 0. The van der Waals surface area contributed by atoms with Crippen molar-refractivity contribution in [2.24, 2.45) is 7.05 Å². The molecular formula is C22H26FN5O. The van der Waals surface area contributed by atoms with Crippen molar-refractivity contribution in [2.75, 3.05) is 20.6 Å². The van der Waals surface area contributed by atoms with Crippen LogP contribution in [0.4, 0.5) is 4.39 Å². The maximum Gasteiger partial charge on any atom is 0.252 e. The van der Waals surface area contributed by atoms with Gasteiger partial charge >= 0.3 is 0 Å². The van der Waals surface area contributed by atoms with Gasteiger partial charge in [-0.15, -0.1) is 0 Å². The molecule has 1 amide bonds. The number of hydrogen-bond donors (Lipinski definition) is 1. The van der Waals surface area contributed by atoms with Crippen molar-refractivity contribution < 1.29 is 9.18 Å². The van der Waals surface area contributed by atoms with Gasteiger partial charge in [0.15, 0.2) is 5.65 Å². The molecule has 1 fully saturated rings. The van der Waals surface area contributed by atoms with Crippen molar-refractivity contribution in [3.63, 3.8) is 0 Å². The summed E-state index contributed by atoms with van der Waals surface area (Å²) < 4.78 is 15.4. The van der Waals surface area contributed by atoms with Crippen LogP contribution in [0, 0.1) is 12.7 Å². The summed E-state index contributed by atoms with van der Waals surface area (Å²) in [5.74, 6) is -0.00166. The van der Waals surface area contributed by atoms with E-state index >= 15 is 0 Å². The molecule has 0 saturated heterocycles. The van der Waals surface area contributed by atoms with Gasteiger partial charge in [0.2, 0.25) is 0 Å². The molecule has 1 aliphatic rings. The lowest BCUT2D eigenvalue weighted by atomic mass is 10.0. The summed E-state index contributed by atoms with van der Waals surface area (Å²) in [6.45, 7) is 2.27. The average Bonchev–Trinajstić information content (AvgIpc) is 3.48. The van der Waals surface area contributed by atoms with E-state index in [9.17, 15) is 9.18 Å². The maximum atomic E-state index is 13.7. The summed E-state index contributed by atoms with van der Waals surface area (Å²) in [6.07, 6.45) is 2.22. The van der Waals surface area contributed by atoms with Crippen molar-refractivity contribution in [1.29, 1.82) is 0 Å². The SMILES string of the molecule is Cc1nn(C)c2nc(C3CC3)cc(C(=O)NCC(c3cccc(F)c3)N(C)C)c12. The molecule has 152 valence electrons. The quantitative estimate of drug-likeness (QED) is 0.695. The minimum Gasteiger partial charge on any atom is -0.350 e. The third kappa shape index (κ3) is 3.87. The molecule has 1 atom stereocenters. The monoisotopic (exact) mass is 395 g/mol. The third-order valence-electron chi connectivity index (χ3n) is 5.54. The standard InChI is InChI=1S/C22H26FN5O/c1-13-20-17(11-18(14-8-9-14)25-21(20)28(4)26-13)22(29)24-12-19(27(2)3)15-6-5-7-16(23)10-15/h5-7,10-11,14,19H,8-9,12H2,1-4H3,(H,24,29). The van der Waals surface area contributed by atoms with E-state index < -0.39 is 0 Å². The van der Waals surface area contributed by atoms with Crippen LogP contribution in [0.2, 0.25) is 0 Å². The Bertz CT molecular complexity index is 1070. The molecule has 2 heterocycles. The predicted octanol–water partition coefficient (Wildman–Crippen LogP) is 3.33. The molecule has 29 heavy (non-hydrogen) atoms. The molecule has 2 aromatic heterocycles. The molecule has 1 aliphatic carbocycles. The van der Waals surface area contributed by atoms with Gasteiger partial charge in [0, 0.05) is 25.2 Å². The zero-order chi connectivity index (χ0) is 20.7. The number of fused-ring (bicyclic) bond motifs is 1. The van der Waals surface area contributed by atoms with Crippen molar-refractivity contribution in [3.8, 4) is 0 Å². The second kappa shape index (κ2) is 7.55. The van der Waals surface area contributed by atoms with E-state index in [-0.39, 0.29) is 17.8 Å². The molecule has 0 radical (unpaired) electrons. The van der Waals surface area contributed by atoms with Gasteiger partial charge in [0.1, 0.15) is 5.82 Å². The second-order valence-corrected chi connectivity index (χ2v) is 8.02. The van der Waals surface area contributed by atoms with Crippen LogP contribution >= 0.6 is 0 Å². The Morgan fingerprint density at radius 1 is 1.34 bits per heavy atom. The van der Waals surface area contributed by atoms with Gasteiger partial charge < -0.3 is 10.2 Å². The Hall–Kier alpha value is -2.80. The van der Waals surface area contributed by atoms with Gasteiger partial charge in [0.25, 0.3) is 5.91 Å². The molecule has 0 aliphatic heterocycles. The number of rotatable bonds is 6. The van der Waals surface area contributed by atoms with E-state index in [1.54, 1.807) is 10.7 Å². The number of carbonyl (C=O) groups is 1. The second-order valence-electron chi connectivity index (χ2n) is 8.02. The normalized spacial score (nSPS) is 15.1. The molecule has 4 rings (SSSR count). The number of benzene rings is 1. The first kappa shape index (κ1) is 19.5. The van der Waals surface area contributed by atoms with E-state index in [0.29, 0.717) is 18.0 Å². The summed E-state index contributed by atoms with van der Waals surface area (Å²) in [4.78, 5) is 19.9. The fourth-order valence-corrected chi connectivity index (χ4v) is 3.83. The number of nitrogens with one attached hydrogen (secondary N) is 1. The molecule has 1 N–H and O–H groups in total. The number of amides is 1. The molecule has 0 spiro atoms. The van der Waals surface area contributed by atoms with Crippen molar-refractivity contribution in [1.82, 2.24) is 25.0 Å². The van der Waals surface area contributed by atoms with E-state index in [1.807, 2.05) is 45.1 Å². The number of carbonyl (C=O) groups excluding carboxylic acids is 1. The van der Waals surface area contributed by atoms with Gasteiger partial charge in [0.05, 0.1) is 22.7 Å². The summed E-state index contributed by atoms with van der Waals surface area (Å²) in [7, 11) is 5.69. The average molecular weight is 395 g/mol. The highest BCUT2D eigenvalue weighted by Crippen LogP contribution is 2.40. The zero-order valence-electron chi connectivity index (χ0n) is 17.2. The number of hydrogen-bond acceptors (Lipinski definition) is 4. The molecule has 3 aromatic rings. The Balaban J connectivity index is 1.63. The van der Waals surface area contributed by atoms with Gasteiger partial charge in [-0.1, -0.05) is 12.1 Å². The highest BCUT2D eigenvalue weighted by Gasteiger charge is 2.28. The van der Waals surface area contributed by atoms with E-state index in [1.165, 1.54) is 12.1 Å². The third-order valence-corrected chi connectivity index (χ3v) is 5.54. The van der Waals surface area contributed by atoms with Crippen molar-refractivity contribution >= 4 is 16.9 Å². The molecule has 6 nitrogen and oxygen atoms in total. The van der Waals surface area contributed by atoms with Crippen LogP contribution in [0.25, 0.3) is 11.0 Å². The topological polar surface area (TPSA) is 63.1 Å². The lowest BCUT2D eigenvalue weighted by Gasteiger charge is -2.25. The largest absolute Gasteiger partial charge is 0.350 e. The first-order chi connectivity index (χ1) is 13.8. The number of aryl methyl sites for hydroxylation is 2. The van der Waals surface area contributed by atoms with Crippen LogP contribution in [0.1, 0.15) is 52.1 Å². The summed E-state index contributed by atoms with van der Waals surface area (Å²) in [5.41, 5.74) is 3.92. The minimum atomic E-state index is -0.281. The Labute approximate surface area is 169 Å². The van der Waals surface area contributed by atoms with Gasteiger partial charge in [-0.05, 0) is 57.6 Å². The summed E-state index contributed by atoms with van der Waals surface area (Å²) in [6, 6.07) is 8.28. The number of halogens is 1. The van der Waals surface area contributed by atoms with Crippen molar-refractivity contribution in [3.05, 3.63) is 58.7 Å². The molecule has 1 unspecified atom stereocenters. The van der Waals surface area contributed by atoms with Crippen molar-refractivity contribution in [2.45, 2.75) is 31.7 Å². The van der Waals surface area contributed by atoms with E-state index in [0.717, 1.165) is 40.8 Å². The molecule has 1 saturated carbocycles. The van der Waals surface area contributed by atoms with Gasteiger partial charge in [-0.3, -0.25) is 9.48 Å². The van der Waals surface area contributed by atoms with Crippen LogP contribution in [0.15, 0.2) is 30.3 Å². The highest BCUT2D eigenvalue weighted by molar-refractivity contribution is 6.06. The molecular weight excluding hydrogens is 369 g/mol. The Morgan fingerprint density at radius 2 is 2.10 bits per heavy atom. The summed E-state index contributed by atoms with van der Waals surface area (Å²) in [5, 5.41) is 8.30. The van der Waals surface area contributed by atoms with Crippen LogP contribution in [0.5, 0.6) is 0 Å². The zero-order valence-corrected chi connectivity index (χ0v) is 17.2. The Morgan fingerprint density at radius 3 is 2.76 bits per heavy atom. The van der Waals surface area contributed by atoms with Crippen LogP contribution in [-0.4, -0.2) is 46.2 Å². The smallest absolute Gasteiger partial charge is 0.252 e. The van der Waals surface area contributed by atoms with Crippen LogP contribution in [0.3, 0.4) is 0 Å². The lowest BCUT2D eigenvalue weighted by Crippen LogP contribution is -2.34. The molecule has 1 aromatic carbocycles.